The molecule has 0 bridgehead atoms. The van der Waals surface area contributed by atoms with Crippen LogP contribution in [-0.4, -0.2) is 12.5 Å². The smallest absolute Gasteiger partial charge is 0.238 e. The molecule has 2 aromatic rings. The molecule has 1 amide bonds. The lowest BCUT2D eigenvalue weighted by molar-refractivity contribution is -0.115. The summed E-state index contributed by atoms with van der Waals surface area (Å²) < 4.78 is 1.11. The summed E-state index contributed by atoms with van der Waals surface area (Å²) in [5.41, 5.74) is 2.01. The van der Waals surface area contributed by atoms with Gasteiger partial charge in [-0.05, 0) is 47.1 Å². The molecule has 0 aliphatic heterocycles. The van der Waals surface area contributed by atoms with E-state index in [-0.39, 0.29) is 5.91 Å². The number of halogens is 1. The van der Waals surface area contributed by atoms with Gasteiger partial charge >= 0.3 is 0 Å². The first-order chi connectivity index (χ1) is 9.13. The summed E-state index contributed by atoms with van der Waals surface area (Å²) in [5.74, 6) is -0.0283. The molecule has 19 heavy (non-hydrogen) atoms. The number of carbonyl (C=O) groups is 1. The zero-order chi connectivity index (χ0) is 13.7. The molecule has 2 N–H and O–H groups in total. The second-order valence-corrected chi connectivity index (χ2v) is 6.77. The van der Waals surface area contributed by atoms with Gasteiger partial charge in [0.25, 0.3) is 0 Å². The lowest BCUT2D eigenvalue weighted by Gasteiger charge is -2.06. The summed E-state index contributed by atoms with van der Waals surface area (Å²) in [5, 5.41) is 5.98. The SMILES string of the molecule is Cc1ccc(NC(=O)CNCc2ccc(Br)s2)cc1. The number of hydrogen-bond acceptors (Lipinski definition) is 3. The molecule has 5 heteroatoms. The van der Waals surface area contributed by atoms with E-state index in [1.54, 1.807) is 11.3 Å². The van der Waals surface area contributed by atoms with E-state index in [9.17, 15) is 4.79 Å². The predicted molar refractivity (Wildman–Crippen MR) is 83.5 cm³/mol. The van der Waals surface area contributed by atoms with Crippen LogP contribution < -0.4 is 10.6 Å². The molecule has 0 aliphatic rings. The van der Waals surface area contributed by atoms with E-state index in [1.807, 2.05) is 43.3 Å². The highest BCUT2D eigenvalue weighted by Crippen LogP contribution is 2.21. The highest BCUT2D eigenvalue weighted by Gasteiger charge is 2.02. The van der Waals surface area contributed by atoms with Crippen molar-refractivity contribution in [3.63, 3.8) is 0 Å². The van der Waals surface area contributed by atoms with Gasteiger partial charge in [0.2, 0.25) is 5.91 Å². The van der Waals surface area contributed by atoms with Gasteiger partial charge in [-0.2, -0.15) is 0 Å². The first-order valence-corrected chi connectivity index (χ1v) is 7.56. The Kier molecular flexibility index (Phi) is 5.13. The maximum Gasteiger partial charge on any atom is 0.238 e. The number of carbonyl (C=O) groups excluding carboxylic acids is 1. The molecule has 0 radical (unpaired) electrons. The van der Waals surface area contributed by atoms with Gasteiger partial charge in [0.1, 0.15) is 0 Å². The Bertz CT molecular complexity index is 551. The van der Waals surface area contributed by atoms with Gasteiger partial charge in [-0.25, -0.2) is 0 Å². The van der Waals surface area contributed by atoms with E-state index in [4.69, 9.17) is 0 Å². The zero-order valence-electron chi connectivity index (χ0n) is 10.6. The van der Waals surface area contributed by atoms with Crippen LogP contribution >= 0.6 is 27.3 Å². The highest BCUT2D eigenvalue weighted by molar-refractivity contribution is 9.11. The summed E-state index contributed by atoms with van der Waals surface area (Å²) in [6.45, 7) is 3.04. The van der Waals surface area contributed by atoms with Crippen molar-refractivity contribution in [1.82, 2.24) is 5.32 Å². The number of amides is 1. The first-order valence-electron chi connectivity index (χ1n) is 5.95. The Morgan fingerprint density at radius 3 is 2.58 bits per heavy atom. The number of thiophene rings is 1. The Balaban J connectivity index is 1.74. The predicted octanol–water partition coefficient (Wildman–Crippen LogP) is 3.55. The maximum atomic E-state index is 11.7. The number of anilines is 1. The van der Waals surface area contributed by atoms with E-state index >= 15 is 0 Å². The molecule has 0 spiro atoms. The molecule has 0 fully saturated rings. The largest absolute Gasteiger partial charge is 0.325 e. The third-order valence-corrected chi connectivity index (χ3v) is 4.17. The fourth-order valence-electron chi connectivity index (χ4n) is 1.59. The number of hydrogen-bond donors (Lipinski definition) is 2. The van der Waals surface area contributed by atoms with E-state index in [0.29, 0.717) is 13.1 Å². The van der Waals surface area contributed by atoms with Crippen molar-refractivity contribution in [3.8, 4) is 0 Å². The van der Waals surface area contributed by atoms with E-state index in [2.05, 4.69) is 26.6 Å². The van der Waals surface area contributed by atoms with Crippen LogP contribution in [0.2, 0.25) is 0 Å². The molecular formula is C14H15BrN2OS. The van der Waals surface area contributed by atoms with Crippen molar-refractivity contribution < 1.29 is 4.79 Å². The molecule has 0 saturated heterocycles. The van der Waals surface area contributed by atoms with Gasteiger partial charge in [0.05, 0.1) is 10.3 Å². The van der Waals surface area contributed by atoms with Crippen molar-refractivity contribution >= 4 is 38.9 Å². The molecular weight excluding hydrogens is 324 g/mol. The van der Waals surface area contributed by atoms with Crippen LogP contribution in [0.3, 0.4) is 0 Å². The average Bonchev–Trinajstić information content (AvgIpc) is 2.78. The molecule has 0 atom stereocenters. The van der Waals surface area contributed by atoms with Crippen LogP contribution in [-0.2, 0) is 11.3 Å². The standard InChI is InChI=1S/C14H15BrN2OS/c1-10-2-4-11(5-3-10)17-14(18)9-16-8-12-6-7-13(15)19-12/h2-7,16H,8-9H2,1H3,(H,17,18). The fraction of sp³-hybridized carbons (Fsp3) is 0.214. The topological polar surface area (TPSA) is 41.1 Å². The zero-order valence-corrected chi connectivity index (χ0v) is 13.0. The van der Waals surface area contributed by atoms with E-state index in [1.165, 1.54) is 10.4 Å². The van der Waals surface area contributed by atoms with Gasteiger partial charge in [0.15, 0.2) is 0 Å². The lowest BCUT2D eigenvalue weighted by atomic mass is 10.2. The average molecular weight is 339 g/mol. The minimum absolute atomic E-state index is 0.0283. The second kappa shape index (κ2) is 6.84. The van der Waals surface area contributed by atoms with Crippen LogP contribution in [0.5, 0.6) is 0 Å². The molecule has 3 nitrogen and oxygen atoms in total. The minimum atomic E-state index is -0.0283. The Labute approximate surface area is 125 Å². The number of nitrogens with one attached hydrogen (secondary N) is 2. The third kappa shape index (κ3) is 4.78. The summed E-state index contributed by atoms with van der Waals surface area (Å²) in [6.07, 6.45) is 0. The fourth-order valence-corrected chi connectivity index (χ4v) is 3.04. The summed E-state index contributed by atoms with van der Waals surface area (Å²) in [6, 6.07) is 11.8. The van der Waals surface area contributed by atoms with Crippen molar-refractivity contribution in [2.24, 2.45) is 0 Å². The molecule has 100 valence electrons. The van der Waals surface area contributed by atoms with Gasteiger partial charge in [-0.1, -0.05) is 17.7 Å². The number of benzene rings is 1. The normalized spacial score (nSPS) is 10.4. The summed E-state index contributed by atoms with van der Waals surface area (Å²) >= 11 is 5.08. The quantitative estimate of drug-likeness (QED) is 0.875. The Morgan fingerprint density at radius 2 is 1.95 bits per heavy atom. The van der Waals surface area contributed by atoms with Crippen LogP contribution in [0.4, 0.5) is 5.69 Å². The van der Waals surface area contributed by atoms with Gasteiger partial charge in [-0.15, -0.1) is 11.3 Å². The highest BCUT2D eigenvalue weighted by atomic mass is 79.9. The second-order valence-electron chi connectivity index (χ2n) is 4.22. The number of aryl methyl sites for hydroxylation is 1. The van der Waals surface area contributed by atoms with Crippen molar-refractivity contribution in [1.29, 1.82) is 0 Å². The lowest BCUT2D eigenvalue weighted by Crippen LogP contribution is -2.27. The minimum Gasteiger partial charge on any atom is -0.325 e. The molecule has 1 aromatic carbocycles. The van der Waals surface area contributed by atoms with Crippen LogP contribution in [0, 0.1) is 6.92 Å². The molecule has 2 rings (SSSR count). The van der Waals surface area contributed by atoms with Crippen molar-refractivity contribution in [2.75, 3.05) is 11.9 Å². The maximum absolute atomic E-state index is 11.7. The molecule has 0 saturated carbocycles. The van der Waals surface area contributed by atoms with Gasteiger partial charge in [-0.3, -0.25) is 4.79 Å². The summed E-state index contributed by atoms with van der Waals surface area (Å²) in [7, 11) is 0. The first kappa shape index (κ1) is 14.2. The van der Waals surface area contributed by atoms with Crippen molar-refractivity contribution in [2.45, 2.75) is 13.5 Å². The summed E-state index contributed by atoms with van der Waals surface area (Å²) in [4.78, 5) is 12.9. The van der Waals surface area contributed by atoms with Gasteiger partial charge in [0, 0.05) is 17.1 Å². The van der Waals surface area contributed by atoms with Crippen molar-refractivity contribution in [3.05, 3.63) is 50.6 Å². The van der Waals surface area contributed by atoms with E-state index < -0.39 is 0 Å². The molecule has 0 unspecified atom stereocenters. The van der Waals surface area contributed by atoms with Crippen LogP contribution in [0.1, 0.15) is 10.4 Å². The van der Waals surface area contributed by atoms with Crippen LogP contribution in [0.15, 0.2) is 40.2 Å². The van der Waals surface area contributed by atoms with Crippen LogP contribution in [0.25, 0.3) is 0 Å². The Hall–Kier alpha value is -1.17. The molecule has 1 heterocycles. The molecule has 1 aromatic heterocycles. The van der Waals surface area contributed by atoms with Gasteiger partial charge < -0.3 is 10.6 Å². The Morgan fingerprint density at radius 1 is 1.21 bits per heavy atom. The monoisotopic (exact) mass is 338 g/mol. The third-order valence-electron chi connectivity index (χ3n) is 2.55. The van der Waals surface area contributed by atoms with E-state index in [0.717, 1.165) is 9.47 Å². The number of rotatable bonds is 5. The molecule has 0 aliphatic carbocycles.